The van der Waals surface area contributed by atoms with Crippen molar-refractivity contribution in [2.24, 2.45) is 11.8 Å². The molecule has 0 unspecified atom stereocenters. The van der Waals surface area contributed by atoms with Crippen molar-refractivity contribution in [1.82, 2.24) is 25.3 Å². The Hall–Kier alpha value is -7.92. The van der Waals surface area contributed by atoms with Crippen molar-refractivity contribution in [3.8, 4) is 11.5 Å². The van der Waals surface area contributed by atoms with Crippen LogP contribution in [0.15, 0.2) is 89.3 Å². The lowest BCUT2D eigenvalue weighted by Gasteiger charge is -2.41. The van der Waals surface area contributed by atoms with E-state index >= 15 is 4.39 Å². The van der Waals surface area contributed by atoms with Gasteiger partial charge in [-0.3, -0.25) is 19.2 Å². The Kier molecular flexibility index (Phi) is 17.7. The number of hydrogen-bond acceptors (Lipinski definition) is 11. The number of aromatic nitrogens is 2. The van der Waals surface area contributed by atoms with Crippen LogP contribution in [-0.4, -0.2) is 106 Å². The smallest absolute Gasteiger partial charge is 0.410 e. The molecular formula is C51H51F8N7O9. The third kappa shape index (κ3) is 15.1. The lowest BCUT2D eigenvalue weighted by atomic mass is 9.98. The molecule has 16 nitrogen and oxygen atoms in total. The molecule has 1 N–H and O–H groups in total. The Morgan fingerprint density at radius 1 is 0.653 bits per heavy atom. The van der Waals surface area contributed by atoms with E-state index < -0.39 is 107 Å². The Morgan fingerprint density at radius 3 is 1.52 bits per heavy atom. The fourth-order valence-corrected chi connectivity index (χ4v) is 7.33. The molecule has 75 heavy (non-hydrogen) atoms. The summed E-state index contributed by atoms with van der Waals surface area (Å²) in [5.74, 6) is -8.52. The average molecular weight is 1060 g/mol. The molecule has 5 amide bonds. The molecule has 0 spiro atoms. The number of anilines is 2. The number of alkyl halides is 4. The second kappa shape index (κ2) is 23.5. The zero-order chi connectivity index (χ0) is 55.1. The highest BCUT2D eigenvalue weighted by Gasteiger charge is 2.42. The predicted octanol–water partition coefficient (Wildman–Crippen LogP) is 9.28. The minimum Gasteiger partial charge on any atom is -0.444 e. The first-order valence-electron chi connectivity index (χ1n) is 23.0. The SMILES string of the molecule is CC(C)(C)OC(=O)N1CC(C(=O)N(Cc2ccc(-c3nnc(C(F)F)o3)cc2F)c2cccc(F)c2)C1.CC(C)(C)OC(=O)N1CC(C(=O)N(Cc2ccc(C(=O)CNC(=O)C(F)F)cc2F)c2cccc(F)c2)C1. The zero-order valence-corrected chi connectivity index (χ0v) is 41.2. The monoisotopic (exact) mass is 1060 g/mol. The minimum absolute atomic E-state index is 0.000834. The number of likely N-dealkylation sites (tertiary alicyclic amines) is 2. The molecule has 2 fully saturated rings. The highest BCUT2D eigenvalue weighted by atomic mass is 19.3. The van der Waals surface area contributed by atoms with Gasteiger partial charge in [0.05, 0.1) is 31.5 Å². The molecule has 0 saturated carbocycles. The number of halogens is 8. The normalized spacial score (nSPS) is 13.8. The molecule has 0 atom stereocenters. The van der Waals surface area contributed by atoms with Gasteiger partial charge in [0.1, 0.15) is 34.5 Å². The Bertz CT molecular complexity index is 2920. The van der Waals surface area contributed by atoms with Gasteiger partial charge in [-0.15, -0.1) is 10.2 Å². The Balaban J connectivity index is 0.000000244. The molecule has 1 aromatic heterocycles. The summed E-state index contributed by atoms with van der Waals surface area (Å²) in [6, 6.07) is 17.6. The largest absolute Gasteiger partial charge is 0.444 e. The summed E-state index contributed by atoms with van der Waals surface area (Å²) in [6.45, 7) is 9.38. The van der Waals surface area contributed by atoms with Crippen LogP contribution in [0.5, 0.6) is 0 Å². The standard InChI is InChI=1S/C26H27F4N3O5.C25H24F4N4O4/c1-26(2,3)38-25(37)32-12-17(13-32)24(36)33(19-6-4-5-18(27)10-19)14-16-8-7-15(9-20(16)28)21(34)11-31-23(35)22(29)30;1-25(2,3)37-24(35)32-11-16(12-32)23(34)33(18-6-4-5-17(26)10-18)13-15-8-7-14(9-19(15)27)21-30-31-22(36-21)20(28)29/h4-10,17,22H,11-14H2,1-3H3,(H,31,35);4-10,16,20H,11-13H2,1-3H3. The minimum atomic E-state index is -3.29. The summed E-state index contributed by atoms with van der Waals surface area (Å²) >= 11 is 0. The van der Waals surface area contributed by atoms with Crippen LogP contribution in [0.1, 0.15) is 75.3 Å². The van der Waals surface area contributed by atoms with Gasteiger partial charge in [-0.25, -0.2) is 27.2 Å². The van der Waals surface area contributed by atoms with Gasteiger partial charge in [0, 0.05) is 59.8 Å². The summed E-state index contributed by atoms with van der Waals surface area (Å²) in [7, 11) is 0. The van der Waals surface area contributed by atoms with Crippen LogP contribution in [0, 0.1) is 35.1 Å². The van der Waals surface area contributed by atoms with Gasteiger partial charge in [-0.05, 0) is 96.1 Å². The molecule has 24 heteroatoms. The number of ketones is 1. The van der Waals surface area contributed by atoms with Crippen LogP contribution in [0.2, 0.25) is 0 Å². The molecule has 2 saturated heterocycles. The number of amides is 5. The molecule has 0 aliphatic carbocycles. The first kappa shape index (κ1) is 56.4. The molecule has 0 bridgehead atoms. The first-order chi connectivity index (χ1) is 35.2. The second-order valence-corrected chi connectivity index (χ2v) is 19.3. The number of ether oxygens (including phenoxy) is 2. The molecule has 4 aromatic carbocycles. The summed E-state index contributed by atoms with van der Waals surface area (Å²) in [5, 5.41) is 8.47. The third-order valence-electron chi connectivity index (χ3n) is 11.1. The van der Waals surface area contributed by atoms with Crippen molar-refractivity contribution < 1.29 is 77.8 Å². The quantitative estimate of drug-likeness (QED) is 0.0826. The van der Waals surface area contributed by atoms with Gasteiger partial charge >= 0.3 is 25.0 Å². The highest BCUT2D eigenvalue weighted by molar-refractivity contribution is 6.00. The fourth-order valence-electron chi connectivity index (χ4n) is 7.33. The van der Waals surface area contributed by atoms with Crippen molar-refractivity contribution in [3.05, 3.63) is 131 Å². The number of nitrogens with zero attached hydrogens (tertiary/aromatic N) is 6. The summed E-state index contributed by atoms with van der Waals surface area (Å²) < 4.78 is 123. The van der Waals surface area contributed by atoms with E-state index in [1.165, 1.54) is 80.3 Å². The molecule has 7 rings (SSSR count). The zero-order valence-electron chi connectivity index (χ0n) is 41.2. The summed E-state index contributed by atoms with van der Waals surface area (Å²) in [6.07, 6.45) is -7.38. The maximum absolute atomic E-state index is 15.0. The molecule has 0 radical (unpaired) electrons. The van der Waals surface area contributed by atoms with Crippen molar-refractivity contribution in [2.45, 2.75) is 78.7 Å². The van der Waals surface area contributed by atoms with Crippen molar-refractivity contribution in [3.63, 3.8) is 0 Å². The number of hydrogen-bond donors (Lipinski definition) is 1. The number of rotatable bonds is 14. The topological polar surface area (TPSA) is 185 Å². The van der Waals surface area contributed by atoms with E-state index in [9.17, 15) is 59.5 Å². The van der Waals surface area contributed by atoms with E-state index in [1.54, 1.807) is 46.9 Å². The van der Waals surface area contributed by atoms with E-state index in [0.29, 0.717) is 0 Å². The summed E-state index contributed by atoms with van der Waals surface area (Å²) in [4.78, 5) is 79.4. The van der Waals surface area contributed by atoms with Crippen LogP contribution >= 0.6 is 0 Å². The van der Waals surface area contributed by atoms with Crippen LogP contribution in [0.4, 0.5) is 56.1 Å². The predicted molar refractivity (Wildman–Crippen MR) is 252 cm³/mol. The molecule has 400 valence electrons. The van der Waals surface area contributed by atoms with Crippen LogP contribution in [0.25, 0.3) is 11.5 Å². The lowest BCUT2D eigenvalue weighted by Crippen LogP contribution is -2.57. The Labute approximate surface area is 424 Å². The second-order valence-electron chi connectivity index (χ2n) is 19.3. The fraction of sp³-hybridized carbons (Fsp3) is 0.373. The number of nitrogens with one attached hydrogen (secondary N) is 1. The number of Topliss-reactive ketones (excluding diaryl/α,β-unsaturated/α-hetero) is 1. The van der Waals surface area contributed by atoms with E-state index in [4.69, 9.17) is 13.9 Å². The lowest BCUT2D eigenvalue weighted by molar-refractivity contribution is -0.131. The number of benzene rings is 4. The van der Waals surface area contributed by atoms with E-state index in [0.717, 1.165) is 24.3 Å². The van der Waals surface area contributed by atoms with Gasteiger partial charge in [0.2, 0.25) is 17.7 Å². The molecule has 3 heterocycles. The third-order valence-corrected chi connectivity index (χ3v) is 11.1. The van der Waals surface area contributed by atoms with Gasteiger partial charge < -0.3 is 38.8 Å². The summed E-state index contributed by atoms with van der Waals surface area (Å²) in [5.41, 5.74) is -1.03. The van der Waals surface area contributed by atoms with Crippen LogP contribution in [-0.2, 0) is 36.9 Å². The van der Waals surface area contributed by atoms with E-state index in [2.05, 4.69) is 10.2 Å². The van der Waals surface area contributed by atoms with Crippen LogP contribution < -0.4 is 15.1 Å². The first-order valence-corrected chi connectivity index (χ1v) is 23.0. The molecule has 2 aliphatic heterocycles. The van der Waals surface area contributed by atoms with Crippen LogP contribution in [0.3, 0.4) is 0 Å². The van der Waals surface area contributed by atoms with E-state index in [1.807, 2.05) is 0 Å². The Morgan fingerprint density at radius 2 is 1.12 bits per heavy atom. The average Bonchev–Trinajstić information content (AvgIpc) is 3.79. The van der Waals surface area contributed by atoms with Gasteiger partial charge in [0.15, 0.2) is 5.78 Å². The van der Waals surface area contributed by atoms with Gasteiger partial charge in [-0.1, -0.05) is 30.3 Å². The maximum atomic E-state index is 15.0. The number of carbonyl (C=O) groups is 6. The van der Waals surface area contributed by atoms with E-state index in [-0.39, 0.29) is 78.8 Å². The molecule has 2 aliphatic rings. The van der Waals surface area contributed by atoms with Crippen molar-refractivity contribution in [2.75, 3.05) is 42.5 Å². The van der Waals surface area contributed by atoms with Gasteiger partial charge in [-0.2, -0.15) is 17.6 Å². The van der Waals surface area contributed by atoms with Crippen molar-refractivity contribution >= 4 is 47.1 Å². The molecular weight excluding hydrogens is 1010 g/mol. The van der Waals surface area contributed by atoms with Gasteiger partial charge in [0.25, 0.3) is 11.8 Å². The molecule has 5 aromatic rings. The number of carbonyl (C=O) groups excluding carboxylic acids is 6. The highest BCUT2D eigenvalue weighted by Crippen LogP contribution is 2.31. The maximum Gasteiger partial charge on any atom is 0.410 e. The van der Waals surface area contributed by atoms with Crippen molar-refractivity contribution in [1.29, 1.82) is 0 Å².